The second kappa shape index (κ2) is 7.45. The SMILES string of the molecule is O=C(c1ccccc1NS(=O)(=O)c1ccc([N+](=O)[O-])cc1[N+](=O)[O-])N1O[C@@H]2C=C[C@H]1C2. The van der Waals surface area contributed by atoms with Crippen molar-refractivity contribution in [1.82, 2.24) is 5.06 Å². The van der Waals surface area contributed by atoms with Crippen LogP contribution in [0.25, 0.3) is 0 Å². The van der Waals surface area contributed by atoms with Crippen LogP contribution in [0, 0.1) is 20.2 Å². The summed E-state index contributed by atoms with van der Waals surface area (Å²) < 4.78 is 27.9. The number of carbonyl (C=O) groups excluding carboxylic acids is 1. The van der Waals surface area contributed by atoms with Crippen molar-refractivity contribution in [3.05, 3.63) is 80.4 Å². The summed E-state index contributed by atoms with van der Waals surface area (Å²) >= 11 is 0. The normalized spacial score (nSPS) is 19.4. The number of hydrogen-bond acceptors (Lipinski definition) is 8. The second-order valence-corrected chi connectivity index (χ2v) is 8.43. The number of nitrogens with zero attached hydrogens (tertiary/aromatic N) is 3. The highest BCUT2D eigenvalue weighted by atomic mass is 32.2. The topological polar surface area (TPSA) is 162 Å². The first-order valence-corrected chi connectivity index (χ1v) is 10.4. The highest BCUT2D eigenvalue weighted by molar-refractivity contribution is 7.92. The minimum Gasteiger partial charge on any atom is -0.279 e. The van der Waals surface area contributed by atoms with Crippen LogP contribution in [-0.2, 0) is 14.9 Å². The number of carbonyl (C=O) groups is 1. The molecular weight excluding hydrogens is 432 g/mol. The van der Waals surface area contributed by atoms with Crippen LogP contribution in [0.1, 0.15) is 16.8 Å². The molecule has 0 aromatic heterocycles. The van der Waals surface area contributed by atoms with E-state index < -0.39 is 42.0 Å². The number of rotatable bonds is 6. The summed E-state index contributed by atoms with van der Waals surface area (Å²) in [7, 11) is -4.56. The van der Waals surface area contributed by atoms with Gasteiger partial charge in [-0.25, -0.2) is 13.5 Å². The van der Waals surface area contributed by atoms with Crippen LogP contribution >= 0.6 is 0 Å². The molecule has 160 valence electrons. The van der Waals surface area contributed by atoms with Crippen molar-refractivity contribution in [3.8, 4) is 0 Å². The van der Waals surface area contributed by atoms with Crippen LogP contribution in [0.3, 0.4) is 0 Å². The summed E-state index contributed by atoms with van der Waals surface area (Å²) in [5.74, 6) is -0.576. The molecule has 0 unspecified atom stereocenters. The standard InChI is InChI=1S/C18H14N4O8S/c23-18(20-11-5-7-13(9-11)30-20)14-3-1-2-4-15(14)19-31(28,29)17-8-6-12(21(24)25)10-16(17)22(26)27/h1-8,10-11,13,19H,9H2/t11-,13+/m0/s1. The second-order valence-electron chi connectivity index (χ2n) is 6.78. The molecule has 1 aliphatic carbocycles. The quantitative estimate of drug-likeness (QED) is 0.402. The number of non-ortho nitro benzene ring substituents is 1. The van der Waals surface area contributed by atoms with Crippen LogP contribution in [0.4, 0.5) is 17.1 Å². The smallest absolute Gasteiger partial charge is 0.279 e. The van der Waals surface area contributed by atoms with Gasteiger partial charge in [0.2, 0.25) is 0 Å². The van der Waals surface area contributed by atoms with Gasteiger partial charge in [-0.15, -0.1) is 0 Å². The van der Waals surface area contributed by atoms with E-state index in [0.717, 1.165) is 17.2 Å². The molecule has 1 amide bonds. The molecule has 12 nitrogen and oxygen atoms in total. The van der Waals surface area contributed by atoms with Gasteiger partial charge in [-0.3, -0.25) is 34.6 Å². The molecule has 0 spiro atoms. The maximum absolute atomic E-state index is 12.9. The van der Waals surface area contributed by atoms with Crippen molar-refractivity contribution >= 4 is 33.0 Å². The van der Waals surface area contributed by atoms with E-state index in [4.69, 9.17) is 4.84 Å². The van der Waals surface area contributed by atoms with E-state index in [1.807, 2.05) is 12.2 Å². The summed E-state index contributed by atoms with van der Waals surface area (Å²) in [6.45, 7) is 0. The van der Waals surface area contributed by atoms with Crippen molar-refractivity contribution in [2.75, 3.05) is 4.72 Å². The fraction of sp³-hybridized carbons (Fsp3) is 0.167. The first-order chi connectivity index (χ1) is 14.7. The number of nitro benzene ring substituents is 2. The minimum absolute atomic E-state index is 0.0170. The van der Waals surface area contributed by atoms with Crippen molar-refractivity contribution in [1.29, 1.82) is 0 Å². The van der Waals surface area contributed by atoms with E-state index >= 15 is 0 Å². The van der Waals surface area contributed by atoms with Crippen molar-refractivity contribution in [2.45, 2.75) is 23.5 Å². The summed E-state index contributed by atoms with van der Waals surface area (Å²) in [4.78, 5) is 38.0. The van der Waals surface area contributed by atoms with Gasteiger partial charge in [0.05, 0.1) is 33.2 Å². The molecule has 2 aliphatic rings. The minimum atomic E-state index is -4.56. The Balaban J connectivity index is 1.69. The zero-order valence-electron chi connectivity index (χ0n) is 15.6. The van der Waals surface area contributed by atoms with Crippen LogP contribution in [-0.4, -0.2) is 41.4 Å². The summed E-state index contributed by atoms with van der Waals surface area (Å²) in [5.41, 5.74) is -1.72. The molecule has 1 fully saturated rings. The van der Waals surface area contributed by atoms with Gasteiger partial charge >= 0.3 is 0 Å². The average molecular weight is 446 g/mol. The number of amides is 1. The van der Waals surface area contributed by atoms with Crippen molar-refractivity contribution in [2.24, 2.45) is 0 Å². The highest BCUT2D eigenvalue weighted by Crippen LogP contribution is 2.33. The fourth-order valence-electron chi connectivity index (χ4n) is 3.39. The predicted octanol–water partition coefficient (Wildman–Crippen LogP) is 2.39. The lowest BCUT2D eigenvalue weighted by Crippen LogP contribution is -2.35. The number of nitro groups is 2. The molecule has 4 rings (SSSR count). The number of anilines is 1. The molecule has 2 bridgehead atoms. The van der Waals surface area contributed by atoms with Gasteiger partial charge in [0, 0.05) is 12.5 Å². The molecular formula is C18H14N4O8S. The van der Waals surface area contributed by atoms with E-state index in [0.29, 0.717) is 12.5 Å². The number of benzene rings is 2. The van der Waals surface area contributed by atoms with Gasteiger partial charge in [0.25, 0.3) is 27.3 Å². The number of sulfonamides is 1. The van der Waals surface area contributed by atoms with Gasteiger partial charge in [-0.2, -0.15) is 0 Å². The molecule has 2 aromatic rings. The molecule has 31 heavy (non-hydrogen) atoms. The van der Waals surface area contributed by atoms with E-state index in [1.54, 1.807) is 0 Å². The summed E-state index contributed by atoms with van der Waals surface area (Å²) in [6.07, 6.45) is 4.03. The highest BCUT2D eigenvalue weighted by Gasteiger charge is 2.39. The van der Waals surface area contributed by atoms with E-state index in [2.05, 4.69) is 4.72 Å². The Morgan fingerprint density at radius 2 is 1.84 bits per heavy atom. The first-order valence-electron chi connectivity index (χ1n) is 8.91. The number of hydrogen-bond donors (Lipinski definition) is 1. The maximum Gasteiger partial charge on any atom is 0.296 e. The lowest BCUT2D eigenvalue weighted by molar-refractivity contribution is -0.396. The van der Waals surface area contributed by atoms with Gasteiger partial charge in [-0.05, 0) is 18.2 Å². The lowest BCUT2D eigenvalue weighted by atomic mass is 10.1. The van der Waals surface area contributed by atoms with Crippen LogP contribution in [0.5, 0.6) is 0 Å². The zero-order chi connectivity index (χ0) is 22.3. The van der Waals surface area contributed by atoms with Crippen LogP contribution in [0.15, 0.2) is 59.5 Å². The molecule has 2 atom stereocenters. The van der Waals surface area contributed by atoms with Gasteiger partial charge in [0.15, 0.2) is 4.90 Å². The maximum atomic E-state index is 12.9. The number of nitrogens with one attached hydrogen (secondary N) is 1. The Morgan fingerprint density at radius 1 is 1.10 bits per heavy atom. The van der Waals surface area contributed by atoms with Crippen molar-refractivity contribution in [3.63, 3.8) is 0 Å². The molecule has 13 heteroatoms. The van der Waals surface area contributed by atoms with E-state index in [9.17, 15) is 33.4 Å². The first kappa shape index (κ1) is 20.4. The Kier molecular flexibility index (Phi) is 4.91. The van der Waals surface area contributed by atoms with E-state index in [-0.39, 0.29) is 23.4 Å². The lowest BCUT2D eigenvalue weighted by Gasteiger charge is -2.23. The third-order valence-corrected chi connectivity index (χ3v) is 6.23. The van der Waals surface area contributed by atoms with Crippen LogP contribution in [0.2, 0.25) is 0 Å². The number of hydroxylamine groups is 2. The molecule has 0 radical (unpaired) electrons. The Hall–Kier alpha value is -3.84. The number of para-hydroxylation sites is 1. The Labute approximate surface area is 175 Å². The van der Waals surface area contributed by atoms with Crippen molar-refractivity contribution < 1.29 is 27.9 Å². The fourth-order valence-corrected chi connectivity index (χ4v) is 4.62. The summed E-state index contributed by atoms with van der Waals surface area (Å²) in [5, 5.41) is 23.4. The largest absolute Gasteiger partial charge is 0.296 e. The number of fused-ring (bicyclic) bond motifs is 2. The van der Waals surface area contributed by atoms with E-state index in [1.165, 1.54) is 24.3 Å². The molecule has 1 N–H and O–H groups in total. The van der Waals surface area contributed by atoms with Gasteiger partial charge in [0.1, 0.15) is 6.10 Å². The monoisotopic (exact) mass is 446 g/mol. The Bertz CT molecular complexity index is 1240. The molecule has 1 saturated heterocycles. The van der Waals surface area contributed by atoms with Gasteiger partial charge in [-0.1, -0.05) is 24.3 Å². The molecule has 1 heterocycles. The predicted molar refractivity (Wildman–Crippen MR) is 106 cm³/mol. The molecule has 2 aromatic carbocycles. The Morgan fingerprint density at radius 3 is 2.45 bits per heavy atom. The summed E-state index contributed by atoms with van der Waals surface area (Å²) in [6, 6.07) is 7.65. The molecule has 0 saturated carbocycles. The average Bonchev–Trinajstić information content (AvgIpc) is 3.36. The zero-order valence-corrected chi connectivity index (χ0v) is 16.4. The van der Waals surface area contributed by atoms with Crippen LogP contribution < -0.4 is 4.72 Å². The van der Waals surface area contributed by atoms with Gasteiger partial charge < -0.3 is 0 Å². The third kappa shape index (κ3) is 3.71. The third-order valence-electron chi connectivity index (χ3n) is 4.81. The molecule has 1 aliphatic heterocycles.